The minimum atomic E-state index is 0.905. The molecule has 0 atom stereocenters. The first-order chi connectivity index (χ1) is 5.38. The third-order valence-electron chi connectivity index (χ3n) is 2.61. The lowest BCUT2D eigenvalue weighted by molar-refractivity contribution is 0.734. The van der Waals surface area contributed by atoms with Crippen LogP contribution in [0.3, 0.4) is 0 Å². The molecule has 1 aliphatic rings. The summed E-state index contributed by atoms with van der Waals surface area (Å²) in [6.45, 7) is 2.22. The predicted octanol–water partition coefficient (Wildman–Crippen LogP) is 3.56. The molecular weight excluding hydrogens is 153 g/mol. The van der Waals surface area contributed by atoms with Gasteiger partial charge in [0.25, 0.3) is 0 Å². The van der Waals surface area contributed by atoms with E-state index in [9.17, 15) is 0 Å². The SMILES string of the molecule is Cc1c[nH]pc1C1CCCC1. The Morgan fingerprint density at radius 2 is 2.18 bits per heavy atom. The Bertz CT molecular complexity index is 235. The molecule has 1 nitrogen and oxygen atoms in total. The van der Waals surface area contributed by atoms with Crippen molar-refractivity contribution in [1.29, 1.82) is 0 Å². The molecule has 2 rings (SSSR count). The topological polar surface area (TPSA) is 15.8 Å². The molecule has 1 aliphatic carbocycles. The highest BCUT2D eigenvalue weighted by Gasteiger charge is 2.19. The van der Waals surface area contributed by atoms with Crippen molar-refractivity contribution in [3.8, 4) is 0 Å². The Labute approximate surface area is 69.4 Å². The Hall–Kier alpha value is -0.290. The highest BCUT2D eigenvalue weighted by Crippen LogP contribution is 2.38. The van der Waals surface area contributed by atoms with Crippen molar-refractivity contribution in [1.82, 2.24) is 4.75 Å². The van der Waals surface area contributed by atoms with E-state index in [1.54, 1.807) is 5.30 Å². The number of H-pyrrole nitrogens is 1. The van der Waals surface area contributed by atoms with Crippen LogP contribution in [0.1, 0.15) is 42.5 Å². The normalized spacial score (nSPS) is 20.1. The number of aryl methyl sites for hydroxylation is 1. The van der Waals surface area contributed by atoms with E-state index in [0.29, 0.717) is 0 Å². The zero-order valence-corrected chi connectivity index (χ0v) is 7.82. The molecule has 0 saturated heterocycles. The molecule has 0 amide bonds. The van der Waals surface area contributed by atoms with Crippen LogP contribution in [-0.2, 0) is 0 Å². The Kier molecular flexibility index (Phi) is 2.00. The van der Waals surface area contributed by atoms with E-state index < -0.39 is 0 Å². The highest BCUT2D eigenvalue weighted by molar-refractivity contribution is 7.26. The molecule has 2 heteroatoms. The fourth-order valence-corrected chi connectivity index (χ4v) is 3.05. The minimum Gasteiger partial charge on any atom is -0.344 e. The van der Waals surface area contributed by atoms with E-state index in [1.807, 2.05) is 0 Å². The van der Waals surface area contributed by atoms with Crippen LogP contribution < -0.4 is 0 Å². The van der Waals surface area contributed by atoms with Crippen LogP contribution in [0.4, 0.5) is 0 Å². The number of hydrogen-bond acceptors (Lipinski definition) is 0. The molecule has 1 N–H and O–H groups in total. The molecule has 0 aromatic carbocycles. The molecule has 1 aromatic rings. The maximum absolute atomic E-state index is 3.27. The van der Waals surface area contributed by atoms with Crippen molar-refractivity contribution < 1.29 is 0 Å². The lowest BCUT2D eigenvalue weighted by atomic mass is 10.0. The molecule has 0 unspecified atom stereocenters. The van der Waals surface area contributed by atoms with E-state index in [2.05, 4.69) is 17.9 Å². The number of aromatic amines is 1. The van der Waals surface area contributed by atoms with E-state index in [1.165, 1.54) is 39.6 Å². The second-order valence-electron chi connectivity index (χ2n) is 3.43. The van der Waals surface area contributed by atoms with Crippen molar-refractivity contribution >= 4 is 8.35 Å². The van der Waals surface area contributed by atoms with Gasteiger partial charge in [-0.3, -0.25) is 0 Å². The summed E-state index contributed by atoms with van der Waals surface area (Å²) in [5.74, 6) is 0.905. The van der Waals surface area contributed by atoms with Gasteiger partial charge in [-0.2, -0.15) is 0 Å². The molecule has 1 aromatic heterocycles. The van der Waals surface area contributed by atoms with Crippen molar-refractivity contribution in [2.45, 2.75) is 38.5 Å². The molecule has 11 heavy (non-hydrogen) atoms. The van der Waals surface area contributed by atoms with Gasteiger partial charge in [0.15, 0.2) is 0 Å². The first-order valence-corrected chi connectivity index (χ1v) is 5.27. The van der Waals surface area contributed by atoms with Crippen LogP contribution in [0.5, 0.6) is 0 Å². The lowest BCUT2D eigenvalue weighted by Gasteiger charge is -2.05. The summed E-state index contributed by atoms with van der Waals surface area (Å²) >= 11 is 0. The molecule has 1 saturated carbocycles. The summed E-state index contributed by atoms with van der Waals surface area (Å²) in [7, 11) is 1.35. The van der Waals surface area contributed by atoms with Gasteiger partial charge in [-0.1, -0.05) is 12.8 Å². The standard InChI is InChI=1S/C9H14NP/c1-7-6-10-11-9(7)8-4-2-3-5-8/h6,8,10H,2-5H2,1H3. The van der Waals surface area contributed by atoms with Gasteiger partial charge in [-0.25, -0.2) is 0 Å². The second-order valence-corrected chi connectivity index (χ2v) is 4.40. The van der Waals surface area contributed by atoms with Crippen molar-refractivity contribution in [2.75, 3.05) is 0 Å². The van der Waals surface area contributed by atoms with E-state index in [0.717, 1.165) is 5.92 Å². The van der Waals surface area contributed by atoms with Crippen LogP contribution in [0.25, 0.3) is 0 Å². The van der Waals surface area contributed by atoms with Gasteiger partial charge in [-0.05, 0) is 31.2 Å². The van der Waals surface area contributed by atoms with Crippen LogP contribution in [0.2, 0.25) is 0 Å². The first-order valence-electron chi connectivity index (χ1n) is 4.38. The van der Waals surface area contributed by atoms with E-state index in [-0.39, 0.29) is 0 Å². The van der Waals surface area contributed by atoms with Gasteiger partial charge < -0.3 is 4.75 Å². The zero-order valence-electron chi connectivity index (χ0n) is 6.93. The zero-order chi connectivity index (χ0) is 7.68. The summed E-state index contributed by atoms with van der Waals surface area (Å²) in [6.07, 6.45) is 7.88. The average molecular weight is 167 g/mol. The number of nitrogens with one attached hydrogen (secondary N) is 1. The van der Waals surface area contributed by atoms with E-state index >= 15 is 0 Å². The maximum Gasteiger partial charge on any atom is 0.0144 e. The van der Waals surface area contributed by atoms with Crippen LogP contribution in [0, 0.1) is 6.92 Å². The summed E-state index contributed by atoms with van der Waals surface area (Å²) in [5.41, 5.74) is 1.48. The molecule has 1 fully saturated rings. The fourth-order valence-electron chi connectivity index (χ4n) is 1.97. The van der Waals surface area contributed by atoms with Crippen LogP contribution in [-0.4, -0.2) is 4.75 Å². The monoisotopic (exact) mass is 167 g/mol. The molecule has 0 bridgehead atoms. The summed E-state index contributed by atoms with van der Waals surface area (Å²) in [4.78, 5) is 0. The predicted molar refractivity (Wildman–Crippen MR) is 49.3 cm³/mol. The Morgan fingerprint density at radius 1 is 1.45 bits per heavy atom. The number of hydrogen-bond donors (Lipinski definition) is 1. The van der Waals surface area contributed by atoms with Crippen LogP contribution in [0.15, 0.2) is 6.20 Å². The van der Waals surface area contributed by atoms with Gasteiger partial charge in [0.1, 0.15) is 0 Å². The Balaban J connectivity index is 2.21. The van der Waals surface area contributed by atoms with Gasteiger partial charge in [-0.15, -0.1) is 0 Å². The third-order valence-corrected chi connectivity index (χ3v) is 3.83. The lowest BCUT2D eigenvalue weighted by Crippen LogP contribution is -1.88. The first kappa shape index (κ1) is 7.36. The van der Waals surface area contributed by atoms with Crippen molar-refractivity contribution in [3.63, 3.8) is 0 Å². The average Bonchev–Trinajstić information content (AvgIpc) is 2.55. The number of aromatic nitrogens is 1. The molecule has 60 valence electrons. The van der Waals surface area contributed by atoms with Gasteiger partial charge >= 0.3 is 0 Å². The summed E-state index contributed by atoms with van der Waals surface area (Å²) in [6, 6.07) is 0. The molecular formula is C9H14NP. The van der Waals surface area contributed by atoms with Gasteiger partial charge in [0.05, 0.1) is 0 Å². The van der Waals surface area contributed by atoms with Crippen LogP contribution >= 0.6 is 8.35 Å². The third kappa shape index (κ3) is 1.35. The number of rotatable bonds is 1. The fraction of sp³-hybridized carbons (Fsp3) is 0.667. The van der Waals surface area contributed by atoms with Gasteiger partial charge in [0, 0.05) is 19.8 Å². The molecule has 0 aliphatic heterocycles. The molecule has 0 spiro atoms. The summed E-state index contributed by atoms with van der Waals surface area (Å²) < 4.78 is 3.27. The molecule has 0 radical (unpaired) electrons. The molecule has 1 heterocycles. The smallest absolute Gasteiger partial charge is 0.0144 e. The maximum atomic E-state index is 3.27. The quantitative estimate of drug-likeness (QED) is 0.658. The minimum absolute atomic E-state index is 0.905. The van der Waals surface area contributed by atoms with Gasteiger partial charge in [0.2, 0.25) is 0 Å². The Morgan fingerprint density at radius 3 is 2.73 bits per heavy atom. The second kappa shape index (κ2) is 2.98. The van der Waals surface area contributed by atoms with E-state index in [4.69, 9.17) is 0 Å². The highest BCUT2D eigenvalue weighted by atomic mass is 31.0. The summed E-state index contributed by atoms with van der Waals surface area (Å²) in [5, 5.41) is 1.66. The largest absolute Gasteiger partial charge is 0.344 e. The van der Waals surface area contributed by atoms with Crippen molar-refractivity contribution in [3.05, 3.63) is 17.1 Å². The van der Waals surface area contributed by atoms with Crippen molar-refractivity contribution in [2.24, 2.45) is 0 Å².